The quantitative estimate of drug-likeness (QED) is 0.943. The minimum absolute atomic E-state index is 0.261. The second-order valence-corrected chi connectivity index (χ2v) is 5.65. The summed E-state index contributed by atoms with van der Waals surface area (Å²) in [6, 6.07) is 5.12. The van der Waals surface area contributed by atoms with Gasteiger partial charge in [-0.25, -0.2) is 0 Å². The summed E-state index contributed by atoms with van der Waals surface area (Å²) in [6.45, 7) is 2.01. The molecule has 2 aromatic rings. The van der Waals surface area contributed by atoms with Crippen molar-refractivity contribution in [3.8, 4) is 11.5 Å². The molecule has 0 aliphatic carbocycles. The van der Waals surface area contributed by atoms with Crippen LogP contribution in [0.1, 0.15) is 12.3 Å². The molecule has 7 heteroatoms. The van der Waals surface area contributed by atoms with E-state index in [1.165, 1.54) is 0 Å². The molecule has 1 aliphatic rings. The fraction of sp³-hybridized carbons (Fsp3) is 0.385. The van der Waals surface area contributed by atoms with Crippen molar-refractivity contribution in [1.82, 2.24) is 15.1 Å². The molecule has 1 saturated heterocycles. The average Bonchev–Trinajstić information content (AvgIpc) is 2.99. The Hall–Kier alpha value is -1.14. The number of β-amino-alcohol motifs (C(OH)–C–C–N with tert-alkyl or cyclic N) is 1. The first-order valence-corrected chi connectivity index (χ1v) is 7.05. The highest BCUT2D eigenvalue weighted by atomic mass is 35.5. The molecular weight excluding hydrogens is 301 g/mol. The summed E-state index contributed by atoms with van der Waals surface area (Å²) < 4.78 is 5.61. The summed E-state index contributed by atoms with van der Waals surface area (Å²) in [6.07, 6.45) is 0.521. The molecule has 1 fully saturated rings. The van der Waals surface area contributed by atoms with E-state index in [1.807, 2.05) is 0 Å². The number of hydrogen-bond acceptors (Lipinski definition) is 5. The highest BCUT2D eigenvalue weighted by Crippen LogP contribution is 2.29. The summed E-state index contributed by atoms with van der Waals surface area (Å²) in [4.78, 5) is 2.07. The Morgan fingerprint density at radius 2 is 2.20 bits per heavy atom. The second-order valence-electron chi connectivity index (χ2n) is 4.80. The number of benzene rings is 1. The van der Waals surface area contributed by atoms with Crippen LogP contribution in [-0.2, 0) is 6.54 Å². The summed E-state index contributed by atoms with van der Waals surface area (Å²) in [5.74, 6) is 0.890. The largest absolute Gasteiger partial charge is 0.419 e. The molecule has 20 heavy (non-hydrogen) atoms. The third-order valence-electron chi connectivity index (χ3n) is 3.23. The molecule has 3 rings (SSSR count). The zero-order valence-electron chi connectivity index (χ0n) is 10.6. The Balaban J connectivity index is 1.76. The Labute approximate surface area is 126 Å². The van der Waals surface area contributed by atoms with Crippen molar-refractivity contribution < 1.29 is 9.52 Å². The molecule has 0 unspecified atom stereocenters. The Morgan fingerprint density at radius 3 is 2.90 bits per heavy atom. The van der Waals surface area contributed by atoms with E-state index >= 15 is 0 Å². The number of aliphatic hydroxyl groups is 1. The highest BCUT2D eigenvalue weighted by Gasteiger charge is 2.22. The second kappa shape index (κ2) is 5.69. The molecule has 1 N–H and O–H groups in total. The molecule has 1 aromatic heterocycles. The van der Waals surface area contributed by atoms with Gasteiger partial charge in [0, 0.05) is 18.1 Å². The molecule has 1 aromatic carbocycles. The van der Waals surface area contributed by atoms with Crippen molar-refractivity contribution in [3.63, 3.8) is 0 Å². The highest BCUT2D eigenvalue weighted by molar-refractivity contribution is 6.36. The minimum atomic E-state index is -0.261. The van der Waals surface area contributed by atoms with Gasteiger partial charge >= 0.3 is 0 Å². The van der Waals surface area contributed by atoms with E-state index in [0.717, 1.165) is 13.0 Å². The number of aliphatic hydroxyl groups excluding tert-OH is 1. The number of likely N-dealkylation sites (tertiary alicyclic amines) is 1. The van der Waals surface area contributed by atoms with Crippen molar-refractivity contribution >= 4 is 23.2 Å². The van der Waals surface area contributed by atoms with Crippen LogP contribution in [-0.4, -0.2) is 39.4 Å². The summed E-state index contributed by atoms with van der Waals surface area (Å²) in [7, 11) is 0. The lowest BCUT2D eigenvalue weighted by Gasteiger charge is -2.10. The van der Waals surface area contributed by atoms with Crippen LogP contribution in [0.25, 0.3) is 11.5 Å². The van der Waals surface area contributed by atoms with Crippen LogP contribution >= 0.6 is 23.2 Å². The number of aromatic nitrogens is 2. The van der Waals surface area contributed by atoms with Crippen LogP contribution in [0, 0.1) is 0 Å². The lowest BCUT2D eigenvalue weighted by Crippen LogP contribution is -2.21. The molecular formula is C13H13Cl2N3O2. The van der Waals surface area contributed by atoms with E-state index in [1.54, 1.807) is 18.2 Å². The van der Waals surface area contributed by atoms with Crippen LogP contribution in [0.5, 0.6) is 0 Å². The van der Waals surface area contributed by atoms with Gasteiger partial charge < -0.3 is 9.52 Å². The normalized spacial score (nSPS) is 19.6. The molecule has 0 radical (unpaired) electrons. The van der Waals surface area contributed by atoms with Gasteiger partial charge in [0.1, 0.15) is 0 Å². The molecule has 1 aliphatic heterocycles. The SMILES string of the molecule is O[C@H]1CCN(Cc2nnc(-c3ccc(Cl)cc3Cl)o2)C1. The average molecular weight is 314 g/mol. The predicted octanol–water partition coefficient (Wildman–Crippen LogP) is 2.61. The maximum atomic E-state index is 9.48. The molecule has 0 spiro atoms. The van der Waals surface area contributed by atoms with Crippen molar-refractivity contribution in [3.05, 3.63) is 34.1 Å². The van der Waals surface area contributed by atoms with Crippen LogP contribution < -0.4 is 0 Å². The number of nitrogens with zero attached hydrogens (tertiary/aromatic N) is 3. The topological polar surface area (TPSA) is 62.4 Å². The Kier molecular flexibility index (Phi) is 3.94. The van der Waals surface area contributed by atoms with Gasteiger partial charge in [-0.3, -0.25) is 4.90 Å². The molecule has 106 valence electrons. The number of rotatable bonds is 3. The van der Waals surface area contributed by atoms with Crippen LogP contribution in [0.15, 0.2) is 22.6 Å². The van der Waals surface area contributed by atoms with Gasteiger partial charge in [-0.2, -0.15) is 0 Å². The zero-order valence-corrected chi connectivity index (χ0v) is 12.1. The maximum absolute atomic E-state index is 9.48. The van der Waals surface area contributed by atoms with Crippen molar-refractivity contribution in [2.75, 3.05) is 13.1 Å². The zero-order chi connectivity index (χ0) is 14.1. The molecule has 0 saturated carbocycles. The van der Waals surface area contributed by atoms with E-state index in [2.05, 4.69) is 15.1 Å². The van der Waals surface area contributed by atoms with Gasteiger partial charge in [-0.05, 0) is 24.6 Å². The van der Waals surface area contributed by atoms with Crippen molar-refractivity contribution in [2.24, 2.45) is 0 Å². The van der Waals surface area contributed by atoms with Gasteiger partial charge in [-0.15, -0.1) is 10.2 Å². The van der Waals surface area contributed by atoms with E-state index in [-0.39, 0.29) is 6.10 Å². The molecule has 1 atom stereocenters. The Morgan fingerprint density at radius 1 is 1.35 bits per heavy atom. The molecule has 5 nitrogen and oxygen atoms in total. The van der Waals surface area contributed by atoms with Crippen LogP contribution in [0.3, 0.4) is 0 Å². The monoisotopic (exact) mass is 313 g/mol. The molecule has 2 heterocycles. The van der Waals surface area contributed by atoms with Gasteiger partial charge in [-0.1, -0.05) is 23.2 Å². The third kappa shape index (κ3) is 2.96. The molecule has 0 bridgehead atoms. The fourth-order valence-electron chi connectivity index (χ4n) is 2.24. The minimum Gasteiger partial charge on any atom is -0.419 e. The van der Waals surface area contributed by atoms with Gasteiger partial charge in [0.2, 0.25) is 11.8 Å². The standard InChI is InChI=1S/C13H13Cl2N3O2/c14-8-1-2-10(11(15)5-8)13-17-16-12(20-13)7-18-4-3-9(19)6-18/h1-2,5,9,19H,3-4,6-7H2/t9-/m0/s1. The fourth-order valence-corrected chi connectivity index (χ4v) is 2.73. The van der Waals surface area contributed by atoms with E-state index in [9.17, 15) is 5.11 Å². The predicted molar refractivity (Wildman–Crippen MR) is 75.7 cm³/mol. The summed E-state index contributed by atoms with van der Waals surface area (Å²) in [5, 5.41) is 18.5. The first kappa shape index (κ1) is 13.8. The smallest absolute Gasteiger partial charge is 0.249 e. The third-order valence-corrected chi connectivity index (χ3v) is 3.78. The number of hydrogen-bond donors (Lipinski definition) is 1. The first-order chi connectivity index (χ1) is 9.61. The van der Waals surface area contributed by atoms with Crippen LogP contribution in [0.4, 0.5) is 0 Å². The lowest BCUT2D eigenvalue weighted by atomic mass is 10.2. The first-order valence-electron chi connectivity index (χ1n) is 6.30. The van der Waals surface area contributed by atoms with E-state index in [0.29, 0.717) is 40.5 Å². The van der Waals surface area contributed by atoms with Crippen molar-refractivity contribution in [1.29, 1.82) is 0 Å². The summed E-state index contributed by atoms with van der Waals surface area (Å²) >= 11 is 12.0. The van der Waals surface area contributed by atoms with E-state index in [4.69, 9.17) is 27.6 Å². The van der Waals surface area contributed by atoms with Gasteiger partial charge in [0.05, 0.1) is 23.2 Å². The van der Waals surface area contributed by atoms with Crippen LogP contribution in [0.2, 0.25) is 10.0 Å². The van der Waals surface area contributed by atoms with Crippen molar-refractivity contribution in [2.45, 2.75) is 19.1 Å². The van der Waals surface area contributed by atoms with E-state index < -0.39 is 0 Å². The summed E-state index contributed by atoms with van der Waals surface area (Å²) in [5.41, 5.74) is 0.663. The lowest BCUT2D eigenvalue weighted by molar-refractivity contribution is 0.171. The van der Waals surface area contributed by atoms with Gasteiger partial charge in [0.25, 0.3) is 0 Å². The molecule has 0 amide bonds. The maximum Gasteiger partial charge on any atom is 0.249 e. The number of halogens is 2. The Bertz CT molecular complexity index is 617. The van der Waals surface area contributed by atoms with Gasteiger partial charge in [0.15, 0.2) is 0 Å².